The van der Waals surface area contributed by atoms with Crippen molar-refractivity contribution in [3.63, 3.8) is 0 Å². The van der Waals surface area contributed by atoms with Gasteiger partial charge in [0.25, 0.3) is 11.8 Å². The average molecular weight is 363 g/mol. The topological polar surface area (TPSA) is 100 Å². The van der Waals surface area contributed by atoms with E-state index in [1.807, 2.05) is 38.1 Å². The summed E-state index contributed by atoms with van der Waals surface area (Å²) in [6.45, 7) is 3.78. The highest BCUT2D eigenvalue weighted by Crippen LogP contribution is 2.29. The van der Waals surface area contributed by atoms with E-state index in [1.54, 1.807) is 6.07 Å². The van der Waals surface area contributed by atoms with Crippen LogP contribution in [0, 0.1) is 6.92 Å². The number of para-hydroxylation sites is 1. The van der Waals surface area contributed by atoms with Gasteiger partial charge in [-0.05, 0) is 38.1 Å². The Labute approximate surface area is 154 Å². The van der Waals surface area contributed by atoms with Gasteiger partial charge in [-0.3, -0.25) is 14.9 Å². The number of urea groups is 1. The van der Waals surface area contributed by atoms with Gasteiger partial charge in [-0.25, -0.2) is 4.79 Å². The maximum atomic E-state index is 12.3. The SMILES string of the molecule is Cc1c(C(C)NC(=O)Nc2ccc3c(c2)C(=O)NC3=O)oc2ccccc12. The average Bonchev–Trinajstić information content (AvgIpc) is 3.12. The molecule has 0 saturated heterocycles. The number of fused-ring (bicyclic) bond motifs is 2. The van der Waals surface area contributed by atoms with Crippen LogP contribution in [0.1, 0.15) is 45.0 Å². The van der Waals surface area contributed by atoms with Crippen LogP contribution in [0.5, 0.6) is 0 Å². The molecule has 4 rings (SSSR count). The Morgan fingerprint density at radius 3 is 2.59 bits per heavy atom. The normalized spacial score (nSPS) is 14.0. The fourth-order valence-electron chi connectivity index (χ4n) is 3.28. The summed E-state index contributed by atoms with van der Waals surface area (Å²) in [7, 11) is 0. The van der Waals surface area contributed by atoms with Crippen LogP contribution in [-0.4, -0.2) is 17.8 Å². The van der Waals surface area contributed by atoms with Crippen LogP contribution in [0.3, 0.4) is 0 Å². The molecular formula is C20H17N3O4. The van der Waals surface area contributed by atoms with Crippen molar-refractivity contribution < 1.29 is 18.8 Å². The van der Waals surface area contributed by atoms with Crippen LogP contribution in [0.2, 0.25) is 0 Å². The van der Waals surface area contributed by atoms with Crippen LogP contribution in [0.25, 0.3) is 11.0 Å². The lowest BCUT2D eigenvalue weighted by Gasteiger charge is -2.14. The summed E-state index contributed by atoms with van der Waals surface area (Å²) >= 11 is 0. The molecule has 0 fully saturated rings. The zero-order valence-corrected chi connectivity index (χ0v) is 14.8. The molecule has 7 heteroatoms. The van der Waals surface area contributed by atoms with Crippen LogP contribution in [0.4, 0.5) is 10.5 Å². The van der Waals surface area contributed by atoms with Crippen molar-refractivity contribution in [2.75, 3.05) is 5.32 Å². The zero-order valence-electron chi connectivity index (χ0n) is 14.8. The predicted octanol–water partition coefficient (Wildman–Crippen LogP) is 3.51. The molecule has 0 saturated carbocycles. The summed E-state index contributed by atoms with van der Waals surface area (Å²) in [5.41, 5.74) is 2.72. The third-order valence-corrected chi connectivity index (χ3v) is 4.62. The first kappa shape index (κ1) is 16.8. The van der Waals surface area contributed by atoms with E-state index in [-0.39, 0.29) is 11.6 Å². The van der Waals surface area contributed by atoms with Crippen molar-refractivity contribution in [3.05, 3.63) is 64.9 Å². The van der Waals surface area contributed by atoms with Gasteiger partial charge in [0.1, 0.15) is 11.3 Å². The van der Waals surface area contributed by atoms with E-state index in [0.29, 0.717) is 17.0 Å². The third-order valence-electron chi connectivity index (χ3n) is 4.62. The quantitative estimate of drug-likeness (QED) is 0.620. The first-order chi connectivity index (χ1) is 12.9. The third kappa shape index (κ3) is 2.93. The predicted molar refractivity (Wildman–Crippen MR) is 99.8 cm³/mol. The fraction of sp³-hybridized carbons (Fsp3) is 0.150. The molecule has 3 N–H and O–H groups in total. The largest absolute Gasteiger partial charge is 0.459 e. The molecule has 1 aliphatic rings. The van der Waals surface area contributed by atoms with E-state index in [2.05, 4.69) is 16.0 Å². The van der Waals surface area contributed by atoms with Gasteiger partial charge < -0.3 is 15.1 Å². The number of benzene rings is 2. The van der Waals surface area contributed by atoms with Gasteiger partial charge >= 0.3 is 6.03 Å². The number of hydrogen-bond donors (Lipinski definition) is 3. The fourth-order valence-corrected chi connectivity index (χ4v) is 3.28. The molecule has 0 spiro atoms. The minimum atomic E-state index is -0.467. The molecule has 136 valence electrons. The zero-order chi connectivity index (χ0) is 19.1. The number of anilines is 1. The Kier molecular flexibility index (Phi) is 3.92. The number of imide groups is 1. The molecule has 0 bridgehead atoms. The molecule has 2 aromatic carbocycles. The highest BCUT2D eigenvalue weighted by atomic mass is 16.3. The summed E-state index contributed by atoms with van der Waals surface area (Å²) in [5, 5.41) is 8.73. The minimum absolute atomic E-state index is 0.249. The van der Waals surface area contributed by atoms with Crippen molar-refractivity contribution in [1.29, 1.82) is 0 Å². The maximum absolute atomic E-state index is 12.3. The molecule has 0 aliphatic carbocycles. The summed E-state index contributed by atoms with van der Waals surface area (Å²) in [4.78, 5) is 35.6. The number of aryl methyl sites for hydroxylation is 1. The lowest BCUT2D eigenvalue weighted by molar-refractivity contribution is 0.0879. The van der Waals surface area contributed by atoms with E-state index in [0.717, 1.165) is 16.5 Å². The molecule has 2 heterocycles. The number of carbonyl (C=O) groups is 3. The second-order valence-corrected chi connectivity index (χ2v) is 6.45. The molecule has 0 radical (unpaired) electrons. The van der Waals surface area contributed by atoms with Gasteiger partial charge in [-0.2, -0.15) is 0 Å². The molecule has 1 aliphatic heterocycles. The second-order valence-electron chi connectivity index (χ2n) is 6.45. The summed E-state index contributed by atoms with van der Waals surface area (Å²) in [6.07, 6.45) is 0. The first-order valence-corrected chi connectivity index (χ1v) is 8.49. The van der Waals surface area contributed by atoms with Gasteiger partial charge in [0.2, 0.25) is 0 Å². The van der Waals surface area contributed by atoms with Gasteiger partial charge in [0, 0.05) is 16.6 Å². The molecule has 3 aromatic rings. The van der Waals surface area contributed by atoms with E-state index in [1.165, 1.54) is 12.1 Å². The highest BCUT2D eigenvalue weighted by molar-refractivity contribution is 6.22. The van der Waals surface area contributed by atoms with Gasteiger partial charge in [0.05, 0.1) is 17.2 Å². The Morgan fingerprint density at radius 2 is 1.81 bits per heavy atom. The van der Waals surface area contributed by atoms with E-state index >= 15 is 0 Å². The number of furan rings is 1. The van der Waals surface area contributed by atoms with Crippen molar-refractivity contribution >= 4 is 34.5 Å². The Balaban J connectivity index is 1.49. The van der Waals surface area contributed by atoms with Crippen LogP contribution in [-0.2, 0) is 0 Å². The standard InChI is InChI=1S/C20H17N3O4/c1-10-13-5-3-4-6-16(13)27-17(10)11(2)21-20(26)22-12-7-8-14-15(9-12)19(25)23-18(14)24/h3-9,11H,1-2H3,(H2,21,22,26)(H,23,24,25). The van der Waals surface area contributed by atoms with E-state index in [9.17, 15) is 14.4 Å². The van der Waals surface area contributed by atoms with Crippen LogP contribution >= 0.6 is 0 Å². The lowest BCUT2D eigenvalue weighted by atomic mass is 10.1. The lowest BCUT2D eigenvalue weighted by Crippen LogP contribution is -2.31. The second kappa shape index (κ2) is 6.28. The molecule has 4 amide bonds. The number of amides is 4. The summed E-state index contributed by atoms with van der Waals surface area (Å²) in [5.74, 6) is -0.212. The maximum Gasteiger partial charge on any atom is 0.319 e. The Morgan fingerprint density at radius 1 is 1.07 bits per heavy atom. The van der Waals surface area contributed by atoms with Crippen molar-refractivity contribution in [2.24, 2.45) is 0 Å². The molecule has 7 nitrogen and oxygen atoms in total. The van der Waals surface area contributed by atoms with Gasteiger partial charge in [-0.15, -0.1) is 0 Å². The molecular weight excluding hydrogens is 346 g/mol. The minimum Gasteiger partial charge on any atom is -0.459 e. The highest BCUT2D eigenvalue weighted by Gasteiger charge is 2.27. The monoisotopic (exact) mass is 363 g/mol. The molecule has 1 unspecified atom stereocenters. The number of rotatable bonds is 3. The van der Waals surface area contributed by atoms with E-state index in [4.69, 9.17) is 4.42 Å². The molecule has 1 atom stereocenters. The Bertz CT molecular complexity index is 1100. The summed E-state index contributed by atoms with van der Waals surface area (Å²) < 4.78 is 5.87. The first-order valence-electron chi connectivity index (χ1n) is 8.49. The van der Waals surface area contributed by atoms with Gasteiger partial charge in [-0.1, -0.05) is 18.2 Å². The van der Waals surface area contributed by atoms with Gasteiger partial charge in [0.15, 0.2) is 0 Å². The summed E-state index contributed by atoms with van der Waals surface area (Å²) in [6, 6.07) is 11.5. The van der Waals surface area contributed by atoms with Crippen LogP contribution in [0.15, 0.2) is 46.9 Å². The number of hydrogen-bond acceptors (Lipinski definition) is 4. The van der Waals surface area contributed by atoms with Crippen molar-refractivity contribution in [1.82, 2.24) is 10.6 Å². The van der Waals surface area contributed by atoms with Crippen molar-refractivity contribution in [3.8, 4) is 0 Å². The smallest absolute Gasteiger partial charge is 0.319 e. The Hall–Kier alpha value is -3.61. The van der Waals surface area contributed by atoms with Crippen LogP contribution < -0.4 is 16.0 Å². The van der Waals surface area contributed by atoms with E-state index < -0.39 is 17.8 Å². The molecule has 27 heavy (non-hydrogen) atoms. The van der Waals surface area contributed by atoms with Crippen molar-refractivity contribution in [2.45, 2.75) is 19.9 Å². The number of carbonyl (C=O) groups excluding carboxylic acids is 3. The molecule has 1 aromatic heterocycles. The number of nitrogens with one attached hydrogen (secondary N) is 3.